The molecule has 1 aliphatic rings. The second-order valence-corrected chi connectivity index (χ2v) is 5.38. The zero-order valence-corrected chi connectivity index (χ0v) is 11.1. The van der Waals surface area contributed by atoms with Gasteiger partial charge in [-0.05, 0) is 17.7 Å². The summed E-state index contributed by atoms with van der Waals surface area (Å²) >= 11 is 1.64. The molecular weight excluding hydrogens is 256 g/mol. The Hall–Kier alpha value is -1.94. The van der Waals surface area contributed by atoms with E-state index in [1.165, 1.54) is 0 Å². The van der Waals surface area contributed by atoms with Crippen LogP contribution in [0.4, 0.5) is 5.69 Å². The number of carbonyl (C=O) groups excluding carboxylic acids is 1. The molecule has 4 heteroatoms. The summed E-state index contributed by atoms with van der Waals surface area (Å²) in [6.45, 7) is 0. The van der Waals surface area contributed by atoms with Crippen LogP contribution in [0.1, 0.15) is 10.9 Å². The van der Waals surface area contributed by atoms with Crippen LogP contribution >= 0.6 is 11.8 Å². The van der Waals surface area contributed by atoms with E-state index in [1.54, 1.807) is 16.8 Å². The van der Waals surface area contributed by atoms with E-state index in [-0.39, 0.29) is 11.3 Å². The Morgan fingerprint density at radius 3 is 2.32 bits per heavy atom. The van der Waals surface area contributed by atoms with Crippen molar-refractivity contribution in [3.8, 4) is 0 Å². The Kier molecular flexibility index (Phi) is 3.42. The highest BCUT2D eigenvalue weighted by atomic mass is 32.2. The quantitative estimate of drug-likeness (QED) is 0.929. The first kappa shape index (κ1) is 12.1. The molecule has 1 aliphatic heterocycles. The van der Waals surface area contributed by atoms with Crippen LogP contribution in [0, 0.1) is 0 Å². The standard InChI is InChI=1S/C15H14N2OS/c18-14-11-19-15(12-7-3-1-4-8-12)17(14)16-13-9-5-2-6-10-13/h1-10,15-16H,11H2. The lowest BCUT2D eigenvalue weighted by molar-refractivity contribution is -0.126. The Balaban J connectivity index is 1.83. The fourth-order valence-corrected chi connectivity index (χ4v) is 3.17. The molecule has 1 N–H and O–H groups in total. The van der Waals surface area contributed by atoms with Gasteiger partial charge < -0.3 is 0 Å². The van der Waals surface area contributed by atoms with Crippen molar-refractivity contribution in [3.05, 3.63) is 66.2 Å². The summed E-state index contributed by atoms with van der Waals surface area (Å²) in [7, 11) is 0. The maximum atomic E-state index is 12.0. The van der Waals surface area contributed by atoms with Crippen LogP contribution in [0.15, 0.2) is 60.7 Å². The number of hydrogen-bond donors (Lipinski definition) is 1. The lowest BCUT2D eigenvalue weighted by atomic mass is 10.2. The van der Waals surface area contributed by atoms with E-state index >= 15 is 0 Å². The molecule has 1 fully saturated rings. The predicted octanol–water partition coefficient (Wildman–Crippen LogP) is 3.29. The minimum Gasteiger partial charge on any atom is -0.295 e. The number of nitrogens with zero attached hydrogens (tertiary/aromatic N) is 1. The third kappa shape index (κ3) is 2.58. The van der Waals surface area contributed by atoms with Gasteiger partial charge in [-0.15, -0.1) is 11.8 Å². The predicted molar refractivity (Wildman–Crippen MR) is 78.6 cm³/mol. The molecule has 0 aliphatic carbocycles. The highest BCUT2D eigenvalue weighted by Crippen LogP contribution is 2.38. The molecule has 19 heavy (non-hydrogen) atoms. The number of rotatable bonds is 3. The van der Waals surface area contributed by atoms with Crippen LogP contribution in [0.2, 0.25) is 0 Å². The summed E-state index contributed by atoms with van der Waals surface area (Å²) in [4.78, 5) is 12.0. The summed E-state index contributed by atoms with van der Waals surface area (Å²) in [6.07, 6.45) is 0. The maximum absolute atomic E-state index is 12.0. The van der Waals surface area contributed by atoms with E-state index in [4.69, 9.17) is 0 Å². The summed E-state index contributed by atoms with van der Waals surface area (Å²) < 4.78 is 0. The van der Waals surface area contributed by atoms with Crippen molar-refractivity contribution in [1.29, 1.82) is 0 Å². The Morgan fingerprint density at radius 2 is 1.63 bits per heavy atom. The molecule has 3 nitrogen and oxygen atoms in total. The highest BCUT2D eigenvalue weighted by molar-refractivity contribution is 8.00. The molecule has 0 saturated carbocycles. The molecule has 3 rings (SSSR count). The van der Waals surface area contributed by atoms with Crippen LogP contribution < -0.4 is 5.43 Å². The number of benzene rings is 2. The summed E-state index contributed by atoms with van der Waals surface area (Å²) in [6, 6.07) is 19.9. The van der Waals surface area contributed by atoms with Gasteiger partial charge in [-0.25, -0.2) is 5.01 Å². The molecule has 96 valence electrons. The second-order valence-electron chi connectivity index (χ2n) is 4.32. The second kappa shape index (κ2) is 5.36. The van der Waals surface area contributed by atoms with E-state index in [0.29, 0.717) is 5.75 Å². The van der Waals surface area contributed by atoms with Gasteiger partial charge >= 0.3 is 0 Å². The maximum Gasteiger partial charge on any atom is 0.252 e. The van der Waals surface area contributed by atoms with Crippen LogP contribution in [-0.4, -0.2) is 16.7 Å². The average molecular weight is 270 g/mol. The molecule has 1 heterocycles. The van der Waals surface area contributed by atoms with Crippen LogP contribution in [0.25, 0.3) is 0 Å². The van der Waals surface area contributed by atoms with Gasteiger partial charge in [-0.3, -0.25) is 10.2 Å². The third-order valence-electron chi connectivity index (χ3n) is 2.98. The molecule has 1 amide bonds. The molecule has 0 spiro atoms. The van der Waals surface area contributed by atoms with E-state index in [0.717, 1.165) is 11.3 Å². The van der Waals surface area contributed by atoms with Gasteiger partial charge in [0, 0.05) is 0 Å². The van der Waals surface area contributed by atoms with Crippen molar-refractivity contribution >= 4 is 23.4 Å². The first-order chi connectivity index (χ1) is 9.34. The number of hydrazine groups is 1. The summed E-state index contributed by atoms with van der Waals surface area (Å²) in [5.74, 6) is 0.627. The number of carbonyl (C=O) groups is 1. The number of anilines is 1. The highest BCUT2D eigenvalue weighted by Gasteiger charge is 2.33. The Labute approximate surface area is 116 Å². The number of thioether (sulfide) groups is 1. The van der Waals surface area contributed by atoms with Crippen molar-refractivity contribution in [2.75, 3.05) is 11.2 Å². The molecule has 1 atom stereocenters. The fourth-order valence-electron chi connectivity index (χ4n) is 2.06. The van der Waals surface area contributed by atoms with Crippen molar-refractivity contribution in [2.24, 2.45) is 0 Å². The van der Waals surface area contributed by atoms with Gasteiger partial charge in [-0.2, -0.15) is 0 Å². The van der Waals surface area contributed by atoms with Gasteiger partial charge in [0.25, 0.3) is 5.91 Å². The van der Waals surface area contributed by atoms with E-state index < -0.39 is 0 Å². The van der Waals surface area contributed by atoms with Gasteiger partial charge in [0.15, 0.2) is 0 Å². The van der Waals surface area contributed by atoms with Crippen molar-refractivity contribution < 1.29 is 4.79 Å². The lowest BCUT2D eigenvalue weighted by Gasteiger charge is -2.25. The van der Waals surface area contributed by atoms with Crippen molar-refractivity contribution in [2.45, 2.75) is 5.37 Å². The molecule has 0 aromatic heterocycles. The molecule has 1 saturated heterocycles. The number of amides is 1. The first-order valence-electron chi connectivity index (χ1n) is 6.15. The van der Waals surface area contributed by atoms with E-state index in [1.807, 2.05) is 48.5 Å². The van der Waals surface area contributed by atoms with Gasteiger partial charge in [0.05, 0.1) is 11.4 Å². The monoisotopic (exact) mass is 270 g/mol. The third-order valence-corrected chi connectivity index (χ3v) is 4.19. The van der Waals surface area contributed by atoms with Crippen LogP contribution in [0.5, 0.6) is 0 Å². The lowest BCUT2D eigenvalue weighted by Crippen LogP contribution is -2.33. The Bertz CT molecular complexity index is 559. The van der Waals surface area contributed by atoms with Crippen molar-refractivity contribution in [1.82, 2.24) is 5.01 Å². The van der Waals surface area contributed by atoms with Crippen LogP contribution in [0.3, 0.4) is 0 Å². The van der Waals surface area contributed by atoms with Crippen LogP contribution in [-0.2, 0) is 4.79 Å². The molecular formula is C15H14N2OS. The molecule has 0 radical (unpaired) electrons. The molecule has 0 bridgehead atoms. The summed E-state index contributed by atoms with van der Waals surface area (Å²) in [5.41, 5.74) is 5.27. The Morgan fingerprint density at radius 1 is 1.00 bits per heavy atom. The fraction of sp³-hybridized carbons (Fsp3) is 0.133. The van der Waals surface area contributed by atoms with E-state index in [2.05, 4.69) is 17.6 Å². The molecule has 2 aromatic carbocycles. The number of nitrogens with one attached hydrogen (secondary N) is 1. The number of hydrogen-bond acceptors (Lipinski definition) is 3. The number of para-hydroxylation sites is 1. The zero-order chi connectivity index (χ0) is 13.1. The first-order valence-corrected chi connectivity index (χ1v) is 7.20. The normalized spacial score (nSPS) is 18.6. The summed E-state index contributed by atoms with van der Waals surface area (Å²) in [5, 5.41) is 1.75. The van der Waals surface area contributed by atoms with Gasteiger partial charge in [0.2, 0.25) is 0 Å². The van der Waals surface area contributed by atoms with E-state index in [9.17, 15) is 4.79 Å². The zero-order valence-electron chi connectivity index (χ0n) is 10.3. The molecule has 1 unspecified atom stereocenters. The smallest absolute Gasteiger partial charge is 0.252 e. The largest absolute Gasteiger partial charge is 0.295 e. The topological polar surface area (TPSA) is 32.3 Å². The minimum atomic E-state index is 0.0360. The van der Waals surface area contributed by atoms with Crippen molar-refractivity contribution in [3.63, 3.8) is 0 Å². The van der Waals surface area contributed by atoms with Gasteiger partial charge in [0.1, 0.15) is 5.37 Å². The van der Waals surface area contributed by atoms with Gasteiger partial charge in [-0.1, -0.05) is 48.5 Å². The molecule has 2 aromatic rings. The average Bonchev–Trinajstić information content (AvgIpc) is 2.82. The SMILES string of the molecule is O=C1CSC(c2ccccc2)N1Nc1ccccc1. The minimum absolute atomic E-state index is 0.0360.